The van der Waals surface area contributed by atoms with Gasteiger partial charge in [-0.05, 0) is 86.7 Å². The molecule has 0 spiro atoms. The van der Waals surface area contributed by atoms with Crippen LogP contribution in [0.25, 0.3) is 11.1 Å². The van der Waals surface area contributed by atoms with Crippen molar-refractivity contribution in [2.24, 2.45) is 17.8 Å². The molecule has 5 aliphatic rings. The van der Waals surface area contributed by atoms with Crippen molar-refractivity contribution in [1.29, 1.82) is 0 Å². The molecule has 4 heteroatoms. The van der Waals surface area contributed by atoms with Crippen LogP contribution in [-0.2, 0) is 10.1 Å². The van der Waals surface area contributed by atoms with Gasteiger partial charge >= 0.3 is 7.12 Å². The summed E-state index contributed by atoms with van der Waals surface area (Å²) in [6.45, 7) is 11.5. The van der Waals surface area contributed by atoms with E-state index in [1.807, 2.05) is 0 Å². The van der Waals surface area contributed by atoms with E-state index < -0.39 is 8.07 Å². The highest BCUT2D eigenvalue weighted by Crippen LogP contribution is 2.62. The van der Waals surface area contributed by atoms with Crippen LogP contribution in [0.3, 0.4) is 0 Å². The van der Waals surface area contributed by atoms with Gasteiger partial charge in [-0.25, -0.2) is 0 Å². The summed E-state index contributed by atoms with van der Waals surface area (Å²) in [6.07, 6.45) is 12.6. The Bertz CT molecular complexity index is 1100. The first-order chi connectivity index (χ1) is 18.4. The van der Waals surface area contributed by atoms with Gasteiger partial charge in [-0.15, -0.1) is 8.07 Å². The summed E-state index contributed by atoms with van der Waals surface area (Å²) in [6, 6.07) is 18.5. The molecule has 38 heavy (non-hydrogen) atoms. The van der Waals surface area contributed by atoms with Crippen LogP contribution in [0.15, 0.2) is 36.4 Å². The molecule has 1 aliphatic heterocycles. The SMILES string of the molecule is CCC[Si-](CCC)(CCC)c1cc2c(c(C34CC5CC(CC(C5)C3)C4)c1)OB(OC(C)C)c1ccccc1-2. The van der Waals surface area contributed by atoms with Gasteiger partial charge in [0.1, 0.15) is 5.75 Å². The van der Waals surface area contributed by atoms with E-state index in [1.54, 1.807) is 10.8 Å². The Labute approximate surface area is 233 Å². The number of hydrogen-bond acceptors (Lipinski definition) is 2. The zero-order valence-corrected chi connectivity index (χ0v) is 25.7. The van der Waals surface area contributed by atoms with Gasteiger partial charge in [0.25, 0.3) is 0 Å². The fourth-order valence-corrected chi connectivity index (χ4v) is 15.2. The van der Waals surface area contributed by atoms with Crippen LogP contribution in [0.5, 0.6) is 5.75 Å². The number of rotatable bonds is 10. The van der Waals surface area contributed by atoms with Crippen LogP contribution in [0, 0.1) is 17.8 Å². The van der Waals surface area contributed by atoms with Crippen molar-refractivity contribution in [3.63, 3.8) is 0 Å². The van der Waals surface area contributed by atoms with Gasteiger partial charge in [0, 0.05) is 17.1 Å². The summed E-state index contributed by atoms with van der Waals surface area (Å²) in [5, 5.41) is 1.73. The quantitative estimate of drug-likeness (QED) is 0.289. The molecule has 0 atom stereocenters. The molecule has 2 nitrogen and oxygen atoms in total. The summed E-state index contributed by atoms with van der Waals surface area (Å²) in [4.78, 5) is 0. The summed E-state index contributed by atoms with van der Waals surface area (Å²) < 4.78 is 13.5. The lowest BCUT2D eigenvalue weighted by Gasteiger charge is -2.58. The lowest BCUT2D eigenvalue weighted by molar-refractivity contribution is -0.00587. The number of benzene rings is 2. The molecule has 2 aromatic rings. The molecular weight excluding hydrogens is 479 g/mol. The maximum absolute atomic E-state index is 7.03. The van der Waals surface area contributed by atoms with Gasteiger partial charge in [-0.1, -0.05) is 76.4 Å². The second kappa shape index (κ2) is 10.5. The second-order valence-electron chi connectivity index (χ2n) is 13.9. The second-order valence-corrected chi connectivity index (χ2v) is 18.5. The molecule has 0 aromatic heterocycles. The molecule has 4 fully saturated rings. The standard InChI is InChI=1S/C34H49BO2Si/c1-6-13-38(14-7-2,15-8-3)28-19-30-29-11-9-10-12-32(29)35(36-24(4)5)37-33(30)31(20-28)34-21-25-16-26(22-34)18-27(17-25)23-34/h9-12,19-20,24-27H,6-8,13-18,21-23H2,1-5H3/q-1. The van der Waals surface area contributed by atoms with Gasteiger partial charge < -0.3 is 9.31 Å². The van der Waals surface area contributed by atoms with Crippen LogP contribution in [0.4, 0.5) is 0 Å². The maximum Gasteiger partial charge on any atom is 0.563 e. The van der Waals surface area contributed by atoms with Crippen LogP contribution in [0.1, 0.15) is 98.0 Å². The van der Waals surface area contributed by atoms with Crippen molar-refractivity contribution in [2.75, 3.05) is 0 Å². The van der Waals surface area contributed by atoms with Crippen molar-refractivity contribution in [2.45, 2.75) is 122 Å². The minimum Gasteiger partial charge on any atom is -0.532 e. The topological polar surface area (TPSA) is 18.5 Å². The Hall–Kier alpha value is -1.52. The van der Waals surface area contributed by atoms with E-state index in [4.69, 9.17) is 9.31 Å². The van der Waals surface area contributed by atoms with E-state index in [0.717, 1.165) is 17.8 Å². The molecule has 2 aromatic carbocycles. The molecule has 4 aliphatic carbocycles. The lowest BCUT2D eigenvalue weighted by atomic mass is 9.47. The number of hydrogen-bond donors (Lipinski definition) is 0. The summed E-state index contributed by atoms with van der Waals surface area (Å²) in [7, 11) is -1.95. The molecule has 0 radical (unpaired) electrons. The average Bonchev–Trinajstić information content (AvgIpc) is 2.87. The first-order valence-corrected chi connectivity index (χ1v) is 18.6. The average molecular weight is 529 g/mol. The minimum absolute atomic E-state index is 0.121. The van der Waals surface area contributed by atoms with E-state index in [0.29, 0.717) is 5.41 Å². The Kier molecular flexibility index (Phi) is 7.35. The van der Waals surface area contributed by atoms with Crippen molar-refractivity contribution in [3.05, 3.63) is 42.0 Å². The monoisotopic (exact) mass is 528 g/mol. The zero-order valence-electron chi connectivity index (χ0n) is 24.7. The van der Waals surface area contributed by atoms with Crippen molar-refractivity contribution in [3.8, 4) is 16.9 Å². The molecule has 4 saturated carbocycles. The molecule has 7 rings (SSSR count). The Balaban J connectivity index is 1.58. The summed E-state index contributed by atoms with van der Waals surface area (Å²) >= 11 is 0. The molecule has 205 valence electrons. The zero-order chi connectivity index (χ0) is 26.5. The lowest BCUT2D eigenvalue weighted by Crippen LogP contribution is -2.52. The molecule has 4 bridgehead atoms. The molecule has 0 N–H and O–H groups in total. The summed E-state index contributed by atoms with van der Waals surface area (Å²) in [5.41, 5.74) is 5.80. The van der Waals surface area contributed by atoms with Gasteiger partial charge in [-0.2, -0.15) is 23.3 Å². The third kappa shape index (κ3) is 4.52. The van der Waals surface area contributed by atoms with E-state index in [1.165, 1.54) is 98.3 Å². The third-order valence-electron chi connectivity index (χ3n) is 10.6. The highest BCUT2D eigenvalue weighted by Gasteiger charge is 2.53. The normalized spacial score (nSPS) is 27.4. The van der Waals surface area contributed by atoms with E-state index >= 15 is 0 Å². The van der Waals surface area contributed by atoms with Crippen molar-refractivity contribution in [1.82, 2.24) is 0 Å². The fraction of sp³-hybridized carbons (Fsp3) is 0.647. The Morgan fingerprint density at radius 3 is 2.00 bits per heavy atom. The van der Waals surface area contributed by atoms with Crippen molar-refractivity contribution < 1.29 is 9.31 Å². The molecular formula is C34H49BO2Si-. The van der Waals surface area contributed by atoms with Crippen LogP contribution >= 0.6 is 0 Å². The highest BCUT2D eigenvalue weighted by molar-refractivity contribution is 6.92. The Morgan fingerprint density at radius 1 is 0.868 bits per heavy atom. The predicted octanol–water partition coefficient (Wildman–Crippen LogP) is 8.22. The minimum atomic E-state index is -1.63. The first kappa shape index (κ1) is 26.7. The van der Waals surface area contributed by atoms with Crippen LogP contribution in [0.2, 0.25) is 18.1 Å². The highest BCUT2D eigenvalue weighted by atomic mass is 28.3. The van der Waals surface area contributed by atoms with E-state index in [2.05, 4.69) is 71.0 Å². The smallest absolute Gasteiger partial charge is 0.532 e. The fourth-order valence-electron chi connectivity index (χ4n) is 9.81. The molecule has 0 amide bonds. The summed E-state index contributed by atoms with van der Waals surface area (Å²) in [5.74, 6) is 3.93. The molecule has 0 unspecified atom stereocenters. The van der Waals surface area contributed by atoms with Gasteiger partial charge in [0.05, 0.1) is 0 Å². The van der Waals surface area contributed by atoms with Crippen LogP contribution in [-0.4, -0.2) is 21.3 Å². The Morgan fingerprint density at radius 2 is 1.45 bits per heavy atom. The van der Waals surface area contributed by atoms with Gasteiger partial charge in [-0.3, -0.25) is 0 Å². The third-order valence-corrected chi connectivity index (χ3v) is 16.5. The van der Waals surface area contributed by atoms with Gasteiger partial charge in [0.15, 0.2) is 0 Å². The molecule has 1 heterocycles. The predicted molar refractivity (Wildman–Crippen MR) is 165 cm³/mol. The number of fused-ring (bicyclic) bond motifs is 3. The van der Waals surface area contributed by atoms with Crippen LogP contribution < -0.4 is 15.3 Å². The first-order valence-electron chi connectivity index (χ1n) is 16.0. The van der Waals surface area contributed by atoms with Crippen molar-refractivity contribution >= 4 is 25.8 Å². The van der Waals surface area contributed by atoms with E-state index in [-0.39, 0.29) is 13.2 Å². The van der Waals surface area contributed by atoms with E-state index in [9.17, 15) is 0 Å². The maximum atomic E-state index is 7.03. The van der Waals surface area contributed by atoms with Gasteiger partial charge in [0.2, 0.25) is 0 Å². The molecule has 0 saturated heterocycles. The largest absolute Gasteiger partial charge is 0.563 e.